The van der Waals surface area contributed by atoms with Crippen molar-refractivity contribution in [2.24, 2.45) is 0 Å². The molecule has 0 amide bonds. The van der Waals surface area contributed by atoms with Gasteiger partial charge >= 0.3 is 0 Å². The normalized spacial score (nSPS) is 11.2. The SMILES string of the molecule is COCCOCCOCCOCCOCCOCCOCCOCCOc1ccccc1N. The Morgan fingerprint density at radius 2 is 0.818 bits per heavy atom. The van der Waals surface area contributed by atoms with Crippen molar-refractivity contribution in [3.8, 4) is 5.75 Å². The van der Waals surface area contributed by atoms with Gasteiger partial charge in [-0.05, 0) is 12.1 Å². The molecule has 0 fully saturated rings. The van der Waals surface area contributed by atoms with Gasteiger partial charge in [-0.1, -0.05) is 12.1 Å². The number of methoxy groups -OCH3 is 1. The molecular formula is C23H41NO9. The lowest BCUT2D eigenvalue weighted by atomic mass is 10.3. The van der Waals surface area contributed by atoms with Crippen molar-refractivity contribution in [2.75, 3.05) is 119 Å². The first kappa shape index (κ1) is 29.5. The Morgan fingerprint density at radius 1 is 0.485 bits per heavy atom. The van der Waals surface area contributed by atoms with E-state index in [9.17, 15) is 0 Å². The van der Waals surface area contributed by atoms with Gasteiger partial charge in [0.05, 0.1) is 105 Å². The van der Waals surface area contributed by atoms with Crippen molar-refractivity contribution in [1.82, 2.24) is 0 Å². The van der Waals surface area contributed by atoms with Crippen LogP contribution in [0.4, 0.5) is 5.69 Å². The molecule has 0 aliphatic heterocycles. The van der Waals surface area contributed by atoms with Gasteiger partial charge in [0.1, 0.15) is 12.4 Å². The van der Waals surface area contributed by atoms with Crippen LogP contribution in [-0.2, 0) is 37.9 Å². The Balaban J connectivity index is 1.67. The van der Waals surface area contributed by atoms with Gasteiger partial charge in [-0.25, -0.2) is 0 Å². The van der Waals surface area contributed by atoms with Crippen molar-refractivity contribution in [3.63, 3.8) is 0 Å². The van der Waals surface area contributed by atoms with Crippen molar-refractivity contribution < 1.29 is 42.6 Å². The summed E-state index contributed by atoms with van der Waals surface area (Å²) < 4.78 is 48.3. The number of hydrogen-bond acceptors (Lipinski definition) is 10. The number of nitrogen functional groups attached to an aromatic ring is 1. The summed E-state index contributed by atoms with van der Waals surface area (Å²) in [5, 5.41) is 0. The number of anilines is 1. The zero-order chi connectivity index (χ0) is 23.7. The zero-order valence-electron chi connectivity index (χ0n) is 19.9. The quantitative estimate of drug-likeness (QED) is 0.165. The zero-order valence-corrected chi connectivity index (χ0v) is 19.9. The van der Waals surface area contributed by atoms with E-state index in [4.69, 9.17) is 48.4 Å². The topological polar surface area (TPSA) is 109 Å². The first-order chi connectivity index (χ1) is 16.3. The van der Waals surface area contributed by atoms with E-state index in [0.717, 1.165) is 0 Å². The van der Waals surface area contributed by atoms with Gasteiger partial charge in [0, 0.05) is 7.11 Å². The summed E-state index contributed by atoms with van der Waals surface area (Å²) in [6.45, 7) is 8.44. The molecule has 33 heavy (non-hydrogen) atoms. The molecule has 0 saturated carbocycles. The molecule has 1 aromatic carbocycles. The third-order valence-corrected chi connectivity index (χ3v) is 4.07. The van der Waals surface area contributed by atoms with E-state index in [-0.39, 0.29) is 0 Å². The molecule has 2 N–H and O–H groups in total. The van der Waals surface area contributed by atoms with Crippen LogP contribution in [0, 0.1) is 0 Å². The second-order valence-electron chi connectivity index (χ2n) is 6.67. The number of para-hydroxylation sites is 2. The maximum absolute atomic E-state index is 5.80. The van der Waals surface area contributed by atoms with Crippen LogP contribution in [-0.4, -0.2) is 113 Å². The Bertz CT molecular complexity index is 536. The van der Waals surface area contributed by atoms with E-state index in [1.165, 1.54) is 0 Å². The van der Waals surface area contributed by atoms with Crippen LogP contribution in [0.5, 0.6) is 5.75 Å². The van der Waals surface area contributed by atoms with Crippen LogP contribution in [0.2, 0.25) is 0 Å². The van der Waals surface area contributed by atoms with Crippen LogP contribution in [0.25, 0.3) is 0 Å². The highest BCUT2D eigenvalue weighted by Gasteiger charge is 1.98. The van der Waals surface area contributed by atoms with E-state index in [1.807, 2.05) is 18.2 Å². The fraction of sp³-hybridized carbons (Fsp3) is 0.739. The second-order valence-corrected chi connectivity index (χ2v) is 6.67. The van der Waals surface area contributed by atoms with Gasteiger partial charge in [-0.15, -0.1) is 0 Å². The predicted molar refractivity (Wildman–Crippen MR) is 124 cm³/mol. The number of benzene rings is 1. The molecule has 10 nitrogen and oxygen atoms in total. The van der Waals surface area contributed by atoms with Crippen LogP contribution in [0.3, 0.4) is 0 Å². The molecule has 0 aliphatic carbocycles. The van der Waals surface area contributed by atoms with Gasteiger partial charge in [0.25, 0.3) is 0 Å². The second kappa shape index (κ2) is 23.7. The molecule has 0 aromatic heterocycles. The lowest BCUT2D eigenvalue weighted by Crippen LogP contribution is -2.15. The number of ether oxygens (including phenoxy) is 9. The smallest absolute Gasteiger partial charge is 0.142 e. The molecular weight excluding hydrogens is 434 g/mol. The maximum Gasteiger partial charge on any atom is 0.142 e. The van der Waals surface area contributed by atoms with Crippen molar-refractivity contribution >= 4 is 5.69 Å². The van der Waals surface area contributed by atoms with Gasteiger partial charge in [-0.2, -0.15) is 0 Å². The standard InChI is InChI=1S/C23H41NO9/c1-25-6-7-26-8-9-27-10-11-28-12-13-29-14-15-30-16-17-31-18-19-32-20-21-33-23-5-3-2-4-22(23)24/h2-5H,6-21,24H2,1H3. The molecule has 1 aromatic rings. The van der Waals surface area contributed by atoms with Crippen LogP contribution >= 0.6 is 0 Å². The maximum atomic E-state index is 5.80. The fourth-order valence-corrected chi connectivity index (χ4v) is 2.39. The lowest BCUT2D eigenvalue weighted by molar-refractivity contribution is -0.0227. The molecule has 0 bridgehead atoms. The Morgan fingerprint density at radius 3 is 1.18 bits per heavy atom. The summed E-state index contributed by atoms with van der Waals surface area (Å²) in [6.07, 6.45) is 0. The third kappa shape index (κ3) is 19.7. The molecule has 0 heterocycles. The minimum absolute atomic E-state index is 0.446. The highest BCUT2D eigenvalue weighted by Crippen LogP contribution is 2.19. The molecule has 0 aliphatic rings. The summed E-state index contributed by atoms with van der Waals surface area (Å²) in [4.78, 5) is 0. The van der Waals surface area contributed by atoms with Gasteiger partial charge in [0.15, 0.2) is 0 Å². The minimum atomic E-state index is 0.446. The fourth-order valence-electron chi connectivity index (χ4n) is 2.39. The van der Waals surface area contributed by atoms with E-state index in [0.29, 0.717) is 117 Å². The molecule has 0 radical (unpaired) electrons. The highest BCUT2D eigenvalue weighted by atomic mass is 16.6. The summed E-state index contributed by atoms with van der Waals surface area (Å²) in [5.74, 6) is 0.673. The summed E-state index contributed by atoms with van der Waals surface area (Å²) in [7, 11) is 1.65. The molecule has 0 atom stereocenters. The Labute approximate surface area is 197 Å². The lowest BCUT2D eigenvalue weighted by Gasteiger charge is -2.09. The molecule has 0 saturated heterocycles. The average molecular weight is 476 g/mol. The first-order valence-corrected chi connectivity index (χ1v) is 11.3. The van der Waals surface area contributed by atoms with Crippen molar-refractivity contribution in [1.29, 1.82) is 0 Å². The molecule has 0 unspecified atom stereocenters. The first-order valence-electron chi connectivity index (χ1n) is 11.3. The summed E-state index contributed by atoms with van der Waals surface area (Å²) in [6, 6.07) is 7.38. The van der Waals surface area contributed by atoms with E-state index < -0.39 is 0 Å². The van der Waals surface area contributed by atoms with Gasteiger partial charge < -0.3 is 48.4 Å². The Hall–Kier alpha value is -1.50. The monoisotopic (exact) mass is 475 g/mol. The van der Waals surface area contributed by atoms with Crippen LogP contribution in [0.1, 0.15) is 0 Å². The molecule has 0 spiro atoms. The summed E-state index contributed by atoms with van der Waals surface area (Å²) in [5.41, 5.74) is 6.42. The van der Waals surface area contributed by atoms with Gasteiger partial charge in [-0.3, -0.25) is 0 Å². The molecule has 10 heteroatoms. The van der Waals surface area contributed by atoms with Crippen LogP contribution < -0.4 is 10.5 Å². The third-order valence-electron chi connectivity index (χ3n) is 4.07. The molecule has 192 valence electrons. The van der Waals surface area contributed by atoms with E-state index >= 15 is 0 Å². The average Bonchev–Trinajstić information content (AvgIpc) is 2.83. The van der Waals surface area contributed by atoms with Crippen molar-refractivity contribution in [3.05, 3.63) is 24.3 Å². The largest absolute Gasteiger partial charge is 0.489 e. The van der Waals surface area contributed by atoms with Gasteiger partial charge in [0.2, 0.25) is 0 Å². The number of nitrogens with two attached hydrogens (primary N) is 1. The predicted octanol–water partition coefficient (Wildman–Crippen LogP) is 1.41. The van der Waals surface area contributed by atoms with Crippen LogP contribution in [0.15, 0.2) is 24.3 Å². The van der Waals surface area contributed by atoms with E-state index in [1.54, 1.807) is 13.2 Å². The minimum Gasteiger partial charge on any atom is -0.489 e. The number of rotatable bonds is 25. The number of hydrogen-bond donors (Lipinski definition) is 1. The van der Waals surface area contributed by atoms with E-state index in [2.05, 4.69) is 0 Å². The van der Waals surface area contributed by atoms with Crippen molar-refractivity contribution in [2.45, 2.75) is 0 Å². The molecule has 1 rings (SSSR count). The summed E-state index contributed by atoms with van der Waals surface area (Å²) >= 11 is 0. The highest BCUT2D eigenvalue weighted by molar-refractivity contribution is 5.51. The Kier molecular flexibility index (Phi) is 21.2.